The SMILES string of the molecule is [C-]#[N+]c1ccc2c(c1)nc(-c1ccccc1)n2-c1c(C(C)C)cc(-c2ccc(-c3ccccc3)cc2)cc1C(C)C. The average molecular weight is 532 g/mol. The minimum absolute atomic E-state index is 0.287. The van der Waals surface area contributed by atoms with Crippen molar-refractivity contribution in [3.05, 3.63) is 138 Å². The van der Waals surface area contributed by atoms with E-state index in [2.05, 4.69) is 128 Å². The van der Waals surface area contributed by atoms with Crippen molar-refractivity contribution < 1.29 is 0 Å². The first kappa shape index (κ1) is 26.3. The van der Waals surface area contributed by atoms with Crippen LogP contribution < -0.4 is 0 Å². The van der Waals surface area contributed by atoms with Gasteiger partial charge in [0, 0.05) is 5.56 Å². The molecule has 0 atom stereocenters. The summed E-state index contributed by atoms with van der Waals surface area (Å²) in [6, 6.07) is 40.3. The predicted octanol–water partition coefficient (Wildman–Crippen LogP) is 10.8. The molecule has 0 saturated carbocycles. The number of aromatic nitrogens is 2. The highest BCUT2D eigenvalue weighted by Crippen LogP contribution is 2.40. The Labute approximate surface area is 242 Å². The van der Waals surface area contributed by atoms with Crippen molar-refractivity contribution in [3.63, 3.8) is 0 Å². The first-order valence-electron chi connectivity index (χ1n) is 14.2. The molecule has 0 saturated heterocycles. The fraction of sp³-hybridized carbons (Fsp3) is 0.158. The molecular formula is C38H33N3. The van der Waals surface area contributed by atoms with Gasteiger partial charge in [0.1, 0.15) is 5.82 Å². The first-order chi connectivity index (χ1) is 19.9. The summed E-state index contributed by atoms with van der Waals surface area (Å²) in [7, 11) is 0. The van der Waals surface area contributed by atoms with Crippen LogP contribution in [0.15, 0.2) is 115 Å². The van der Waals surface area contributed by atoms with Crippen LogP contribution in [0.3, 0.4) is 0 Å². The van der Waals surface area contributed by atoms with Crippen molar-refractivity contribution in [1.82, 2.24) is 9.55 Å². The van der Waals surface area contributed by atoms with Crippen molar-refractivity contribution in [2.45, 2.75) is 39.5 Å². The maximum atomic E-state index is 7.55. The molecule has 0 unspecified atom stereocenters. The molecule has 1 aromatic heterocycles. The maximum absolute atomic E-state index is 7.55. The highest BCUT2D eigenvalue weighted by atomic mass is 15.1. The van der Waals surface area contributed by atoms with Gasteiger partial charge in [-0.1, -0.05) is 119 Å². The highest BCUT2D eigenvalue weighted by Gasteiger charge is 2.23. The van der Waals surface area contributed by atoms with Gasteiger partial charge in [-0.05, 0) is 69.5 Å². The van der Waals surface area contributed by atoms with Gasteiger partial charge in [0.15, 0.2) is 5.69 Å². The van der Waals surface area contributed by atoms with Gasteiger partial charge in [0.25, 0.3) is 0 Å². The fourth-order valence-corrected chi connectivity index (χ4v) is 5.62. The normalized spacial score (nSPS) is 11.3. The third-order valence-corrected chi connectivity index (χ3v) is 7.76. The zero-order valence-electron chi connectivity index (χ0n) is 24.0. The summed E-state index contributed by atoms with van der Waals surface area (Å²) in [6.45, 7) is 16.6. The van der Waals surface area contributed by atoms with E-state index in [9.17, 15) is 0 Å². The van der Waals surface area contributed by atoms with Crippen LogP contribution in [0.1, 0.15) is 50.7 Å². The number of hydrogen-bond donors (Lipinski definition) is 0. The molecule has 41 heavy (non-hydrogen) atoms. The summed E-state index contributed by atoms with van der Waals surface area (Å²) < 4.78 is 2.32. The summed E-state index contributed by atoms with van der Waals surface area (Å²) in [4.78, 5) is 8.78. The lowest BCUT2D eigenvalue weighted by Gasteiger charge is -2.24. The maximum Gasteiger partial charge on any atom is 0.189 e. The van der Waals surface area contributed by atoms with Gasteiger partial charge in [0.2, 0.25) is 0 Å². The zero-order valence-corrected chi connectivity index (χ0v) is 24.0. The Morgan fingerprint density at radius 3 is 1.63 bits per heavy atom. The molecule has 6 aromatic rings. The molecule has 0 aliphatic rings. The average Bonchev–Trinajstić information content (AvgIpc) is 3.39. The van der Waals surface area contributed by atoms with E-state index in [-0.39, 0.29) is 11.8 Å². The molecule has 3 heteroatoms. The second-order valence-electron chi connectivity index (χ2n) is 11.2. The molecule has 0 fully saturated rings. The van der Waals surface area contributed by atoms with Gasteiger partial charge in [-0.25, -0.2) is 9.83 Å². The third kappa shape index (κ3) is 4.94. The van der Waals surface area contributed by atoms with Crippen LogP contribution in [0.25, 0.3) is 55.2 Å². The molecule has 0 N–H and O–H groups in total. The lowest BCUT2D eigenvalue weighted by Crippen LogP contribution is -2.09. The summed E-state index contributed by atoms with van der Waals surface area (Å²) >= 11 is 0. The van der Waals surface area contributed by atoms with Gasteiger partial charge < -0.3 is 0 Å². The smallest absolute Gasteiger partial charge is 0.189 e. The van der Waals surface area contributed by atoms with Crippen LogP contribution in [0, 0.1) is 6.57 Å². The molecule has 0 spiro atoms. The first-order valence-corrected chi connectivity index (χ1v) is 14.2. The fourth-order valence-electron chi connectivity index (χ4n) is 5.62. The monoisotopic (exact) mass is 531 g/mol. The Balaban J connectivity index is 1.59. The van der Waals surface area contributed by atoms with Crippen LogP contribution in [0.5, 0.6) is 0 Å². The van der Waals surface area contributed by atoms with Crippen LogP contribution in [0.4, 0.5) is 5.69 Å². The largest absolute Gasteiger partial charge is 0.292 e. The third-order valence-electron chi connectivity index (χ3n) is 7.76. The van der Waals surface area contributed by atoms with E-state index in [0.717, 1.165) is 22.4 Å². The minimum Gasteiger partial charge on any atom is -0.292 e. The molecule has 200 valence electrons. The van der Waals surface area contributed by atoms with Crippen molar-refractivity contribution in [3.8, 4) is 39.3 Å². The Kier molecular flexibility index (Phi) is 7.00. The van der Waals surface area contributed by atoms with Crippen molar-refractivity contribution in [1.29, 1.82) is 0 Å². The van der Waals surface area contributed by atoms with E-state index >= 15 is 0 Å². The summed E-state index contributed by atoms with van der Waals surface area (Å²) in [5.74, 6) is 1.47. The lowest BCUT2D eigenvalue weighted by atomic mass is 9.87. The number of fused-ring (bicyclic) bond motifs is 1. The van der Waals surface area contributed by atoms with Crippen molar-refractivity contribution in [2.75, 3.05) is 0 Å². The minimum atomic E-state index is 0.287. The second-order valence-corrected chi connectivity index (χ2v) is 11.2. The molecule has 0 bridgehead atoms. The molecule has 1 heterocycles. The lowest BCUT2D eigenvalue weighted by molar-refractivity contribution is 0.811. The van der Waals surface area contributed by atoms with E-state index in [4.69, 9.17) is 11.6 Å². The van der Waals surface area contributed by atoms with Crippen LogP contribution in [0.2, 0.25) is 0 Å². The number of rotatable bonds is 6. The van der Waals surface area contributed by atoms with Gasteiger partial charge in [-0.3, -0.25) is 4.57 Å². The molecule has 0 aliphatic heterocycles. The zero-order chi connectivity index (χ0) is 28.5. The van der Waals surface area contributed by atoms with Crippen molar-refractivity contribution >= 4 is 16.7 Å². The van der Waals surface area contributed by atoms with E-state index in [1.807, 2.05) is 24.3 Å². The second kappa shape index (κ2) is 10.9. The standard InChI is InChI=1S/C38H33N3/c1-25(2)33-22-31(29-18-16-28(17-19-29)27-12-8-6-9-13-27)23-34(26(3)4)37(33)41-36-21-20-32(39-5)24-35(36)40-38(41)30-14-10-7-11-15-30/h6-26H,1-4H3. The number of imidazole rings is 1. The Morgan fingerprint density at radius 2 is 1.10 bits per heavy atom. The summed E-state index contributed by atoms with van der Waals surface area (Å²) in [5, 5.41) is 0. The molecule has 3 nitrogen and oxygen atoms in total. The van der Waals surface area contributed by atoms with E-state index in [1.165, 1.54) is 39.1 Å². The van der Waals surface area contributed by atoms with Crippen LogP contribution in [-0.4, -0.2) is 9.55 Å². The molecule has 6 rings (SSSR count). The highest BCUT2D eigenvalue weighted by molar-refractivity contribution is 5.87. The Morgan fingerprint density at radius 1 is 0.585 bits per heavy atom. The van der Waals surface area contributed by atoms with E-state index in [1.54, 1.807) is 0 Å². The Bertz CT molecular complexity index is 1840. The van der Waals surface area contributed by atoms with E-state index in [0.29, 0.717) is 5.69 Å². The van der Waals surface area contributed by atoms with Gasteiger partial charge in [-0.15, -0.1) is 0 Å². The number of benzene rings is 5. The predicted molar refractivity (Wildman–Crippen MR) is 172 cm³/mol. The van der Waals surface area contributed by atoms with Crippen LogP contribution >= 0.6 is 0 Å². The van der Waals surface area contributed by atoms with E-state index < -0.39 is 0 Å². The molecule has 0 aliphatic carbocycles. The topological polar surface area (TPSA) is 22.2 Å². The van der Waals surface area contributed by atoms with Gasteiger partial charge in [0.05, 0.1) is 23.3 Å². The Hall–Kier alpha value is -4.94. The number of hydrogen-bond acceptors (Lipinski definition) is 1. The summed E-state index contributed by atoms with van der Waals surface area (Å²) in [5.41, 5.74) is 12.1. The summed E-state index contributed by atoms with van der Waals surface area (Å²) in [6.07, 6.45) is 0. The van der Waals surface area contributed by atoms with Gasteiger partial charge >= 0.3 is 0 Å². The van der Waals surface area contributed by atoms with Crippen molar-refractivity contribution in [2.24, 2.45) is 0 Å². The molecule has 0 amide bonds. The molecule has 0 radical (unpaired) electrons. The molecule has 5 aromatic carbocycles. The number of nitrogens with zero attached hydrogens (tertiary/aromatic N) is 3. The van der Waals surface area contributed by atoms with Gasteiger partial charge in [-0.2, -0.15) is 0 Å². The van der Waals surface area contributed by atoms with Crippen LogP contribution in [-0.2, 0) is 0 Å². The molecular weight excluding hydrogens is 498 g/mol. The quantitative estimate of drug-likeness (QED) is 0.196.